The molecule has 0 atom stereocenters. The van der Waals surface area contributed by atoms with Crippen molar-refractivity contribution in [1.29, 1.82) is 0 Å². The van der Waals surface area contributed by atoms with Gasteiger partial charge in [0.1, 0.15) is 16.8 Å². The van der Waals surface area contributed by atoms with Crippen molar-refractivity contribution in [2.24, 2.45) is 0 Å². The van der Waals surface area contributed by atoms with Crippen molar-refractivity contribution in [3.8, 4) is 0 Å². The molecule has 0 aliphatic rings. The average molecular weight is 430 g/mol. The number of amides is 1. The molecule has 0 bridgehead atoms. The molecule has 4 aromatic rings. The number of rotatable bonds is 6. The number of anilines is 2. The molecule has 1 heterocycles. The lowest BCUT2D eigenvalue weighted by Gasteiger charge is -2.16. The Morgan fingerprint density at radius 2 is 1.77 bits per heavy atom. The van der Waals surface area contributed by atoms with Crippen LogP contribution in [0, 0.1) is 6.07 Å². The molecule has 4 rings (SSSR count). The maximum Gasteiger partial charge on any atom is 0.255 e. The van der Waals surface area contributed by atoms with Gasteiger partial charge in [-0.1, -0.05) is 54.1 Å². The highest BCUT2D eigenvalue weighted by molar-refractivity contribution is 6.29. The number of aromatic nitrogens is 2. The van der Waals surface area contributed by atoms with Gasteiger partial charge in [0.2, 0.25) is 0 Å². The normalized spacial score (nSPS) is 10.8. The Kier molecular flexibility index (Phi) is 6.14. The SMILES string of the molecule is CCN(C)c1[c]c(Cl)nc(Cc2ccc(NC(=O)c3ccc4ccccc4c3)cc2)n1. The topological polar surface area (TPSA) is 58.1 Å². The van der Waals surface area contributed by atoms with Gasteiger partial charge in [-0.15, -0.1) is 0 Å². The first kappa shape index (κ1) is 20.8. The third-order valence-electron chi connectivity index (χ3n) is 5.10. The summed E-state index contributed by atoms with van der Waals surface area (Å²) in [7, 11) is 1.94. The standard InChI is InChI=1S/C25H22ClN4O/c1-3-30(2)24-16-22(26)28-23(29-24)14-17-8-12-21(13-9-17)27-25(31)20-11-10-18-6-4-5-7-19(18)15-20/h4-13,15H,3,14H2,1-2H3,(H,27,31). The zero-order chi connectivity index (χ0) is 21.8. The molecular formula is C25H22ClN4O. The molecule has 0 saturated heterocycles. The quantitative estimate of drug-likeness (QED) is 0.418. The Morgan fingerprint density at radius 1 is 1.03 bits per heavy atom. The number of nitrogens with one attached hydrogen (secondary N) is 1. The van der Waals surface area contributed by atoms with Crippen LogP contribution in [0.3, 0.4) is 0 Å². The maximum absolute atomic E-state index is 12.6. The fraction of sp³-hybridized carbons (Fsp3) is 0.160. The van der Waals surface area contributed by atoms with Gasteiger partial charge in [0.05, 0.1) is 6.07 Å². The lowest BCUT2D eigenvalue weighted by Crippen LogP contribution is -2.18. The van der Waals surface area contributed by atoms with Crippen LogP contribution >= 0.6 is 11.6 Å². The zero-order valence-corrected chi connectivity index (χ0v) is 18.1. The van der Waals surface area contributed by atoms with E-state index in [1.54, 1.807) is 0 Å². The van der Waals surface area contributed by atoms with E-state index >= 15 is 0 Å². The molecule has 1 radical (unpaired) electrons. The summed E-state index contributed by atoms with van der Waals surface area (Å²) in [4.78, 5) is 23.4. The van der Waals surface area contributed by atoms with Crippen LogP contribution in [0.1, 0.15) is 28.7 Å². The summed E-state index contributed by atoms with van der Waals surface area (Å²) in [6.45, 7) is 2.84. The van der Waals surface area contributed by atoms with Gasteiger partial charge < -0.3 is 10.2 Å². The molecule has 6 heteroatoms. The number of benzene rings is 3. The Balaban J connectivity index is 1.45. The molecule has 0 fully saturated rings. The van der Waals surface area contributed by atoms with Gasteiger partial charge >= 0.3 is 0 Å². The number of nitrogens with zero attached hydrogens (tertiary/aromatic N) is 3. The second-order valence-electron chi connectivity index (χ2n) is 7.28. The van der Waals surface area contributed by atoms with Gasteiger partial charge in [-0.25, -0.2) is 9.97 Å². The van der Waals surface area contributed by atoms with Crippen LogP contribution in [0.25, 0.3) is 10.8 Å². The molecule has 0 aliphatic carbocycles. The van der Waals surface area contributed by atoms with E-state index in [0.717, 1.165) is 28.6 Å². The largest absolute Gasteiger partial charge is 0.359 e. The lowest BCUT2D eigenvalue weighted by atomic mass is 10.1. The third kappa shape index (κ3) is 5.01. The Bertz CT molecular complexity index is 1220. The van der Waals surface area contributed by atoms with Crippen molar-refractivity contribution < 1.29 is 4.79 Å². The molecular weight excluding hydrogens is 408 g/mol. The van der Waals surface area contributed by atoms with Gasteiger partial charge in [0.25, 0.3) is 5.91 Å². The first-order chi connectivity index (χ1) is 15.0. The van der Waals surface area contributed by atoms with E-state index in [1.807, 2.05) is 85.6 Å². The van der Waals surface area contributed by atoms with Gasteiger partial charge in [0.15, 0.2) is 0 Å². The maximum atomic E-state index is 12.6. The number of carbonyl (C=O) groups is 1. The number of hydrogen-bond donors (Lipinski definition) is 1. The van der Waals surface area contributed by atoms with Crippen LogP contribution in [0.15, 0.2) is 66.7 Å². The van der Waals surface area contributed by atoms with Gasteiger partial charge in [-0.3, -0.25) is 4.79 Å². The highest BCUT2D eigenvalue weighted by Crippen LogP contribution is 2.19. The average Bonchev–Trinajstić information content (AvgIpc) is 2.79. The molecule has 5 nitrogen and oxygen atoms in total. The van der Waals surface area contributed by atoms with Gasteiger partial charge in [0, 0.05) is 31.3 Å². The minimum atomic E-state index is -0.139. The monoisotopic (exact) mass is 429 g/mol. The first-order valence-corrected chi connectivity index (χ1v) is 10.5. The molecule has 0 saturated carbocycles. The fourth-order valence-electron chi connectivity index (χ4n) is 3.24. The van der Waals surface area contributed by atoms with Crippen molar-refractivity contribution in [1.82, 2.24) is 9.97 Å². The van der Waals surface area contributed by atoms with Crippen LogP contribution in [-0.2, 0) is 6.42 Å². The van der Waals surface area contributed by atoms with Gasteiger partial charge in [-0.2, -0.15) is 0 Å². The highest BCUT2D eigenvalue weighted by Gasteiger charge is 2.10. The van der Waals surface area contributed by atoms with E-state index in [-0.39, 0.29) is 5.91 Å². The minimum Gasteiger partial charge on any atom is -0.359 e. The van der Waals surface area contributed by atoms with E-state index in [4.69, 9.17) is 11.6 Å². The fourth-order valence-corrected chi connectivity index (χ4v) is 3.42. The van der Waals surface area contributed by atoms with E-state index in [0.29, 0.717) is 28.8 Å². The predicted octanol–water partition coefficient (Wildman–Crippen LogP) is 5.38. The summed E-state index contributed by atoms with van der Waals surface area (Å²) in [5.41, 5.74) is 2.38. The van der Waals surface area contributed by atoms with Crippen LogP contribution < -0.4 is 10.2 Å². The summed E-state index contributed by atoms with van der Waals surface area (Å²) in [5.74, 6) is 1.17. The molecule has 31 heavy (non-hydrogen) atoms. The van der Waals surface area contributed by atoms with Crippen molar-refractivity contribution in [2.75, 3.05) is 23.8 Å². The smallest absolute Gasteiger partial charge is 0.255 e. The summed E-state index contributed by atoms with van der Waals surface area (Å²) < 4.78 is 0. The summed E-state index contributed by atoms with van der Waals surface area (Å²) in [5, 5.41) is 5.40. The Labute approximate surface area is 186 Å². The molecule has 1 aromatic heterocycles. The molecule has 0 unspecified atom stereocenters. The van der Waals surface area contributed by atoms with Crippen LogP contribution in [0.2, 0.25) is 5.15 Å². The van der Waals surface area contributed by atoms with Crippen molar-refractivity contribution in [3.05, 3.63) is 94.9 Å². The number of fused-ring (bicyclic) bond motifs is 1. The van der Waals surface area contributed by atoms with Gasteiger partial charge in [-0.05, 0) is 47.5 Å². The Morgan fingerprint density at radius 3 is 2.52 bits per heavy atom. The number of carbonyl (C=O) groups excluding carboxylic acids is 1. The van der Waals surface area contributed by atoms with E-state index < -0.39 is 0 Å². The van der Waals surface area contributed by atoms with E-state index in [9.17, 15) is 4.79 Å². The van der Waals surface area contributed by atoms with Crippen molar-refractivity contribution in [3.63, 3.8) is 0 Å². The molecule has 155 valence electrons. The van der Waals surface area contributed by atoms with Crippen LogP contribution in [0.5, 0.6) is 0 Å². The molecule has 3 aromatic carbocycles. The second-order valence-corrected chi connectivity index (χ2v) is 7.64. The van der Waals surface area contributed by atoms with Crippen molar-refractivity contribution in [2.45, 2.75) is 13.3 Å². The molecule has 0 aliphatic heterocycles. The first-order valence-electron chi connectivity index (χ1n) is 10.1. The number of halogens is 1. The van der Waals surface area contributed by atoms with E-state index in [2.05, 4.69) is 21.4 Å². The van der Waals surface area contributed by atoms with E-state index in [1.165, 1.54) is 0 Å². The van der Waals surface area contributed by atoms with Crippen LogP contribution in [-0.4, -0.2) is 29.5 Å². The summed E-state index contributed by atoms with van der Waals surface area (Å²) in [6.07, 6.45) is 0.540. The highest BCUT2D eigenvalue weighted by atomic mass is 35.5. The Hall–Kier alpha value is -3.44. The molecule has 1 amide bonds. The molecule has 0 spiro atoms. The third-order valence-corrected chi connectivity index (χ3v) is 5.28. The second kappa shape index (κ2) is 9.14. The summed E-state index contributed by atoms with van der Waals surface area (Å²) >= 11 is 6.11. The lowest BCUT2D eigenvalue weighted by molar-refractivity contribution is 0.102. The minimum absolute atomic E-state index is 0.139. The molecule has 1 N–H and O–H groups in total. The number of hydrogen-bond acceptors (Lipinski definition) is 4. The predicted molar refractivity (Wildman–Crippen MR) is 126 cm³/mol. The zero-order valence-electron chi connectivity index (χ0n) is 17.4. The van der Waals surface area contributed by atoms with Crippen LogP contribution in [0.4, 0.5) is 11.5 Å². The summed E-state index contributed by atoms with van der Waals surface area (Å²) in [6, 6.07) is 24.3. The van der Waals surface area contributed by atoms with Crippen molar-refractivity contribution >= 4 is 39.8 Å².